The van der Waals surface area contributed by atoms with E-state index >= 15 is 0 Å². The molecule has 0 atom stereocenters. The van der Waals surface area contributed by atoms with Crippen molar-refractivity contribution in [1.82, 2.24) is 4.98 Å². The van der Waals surface area contributed by atoms with Crippen LogP contribution in [-0.4, -0.2) is 26.3 Å². The number of anilines is 1. The molecule has 0 amide bonds. The number of aromatic nitrogens is 1. The number of fused-ring (bicyclic) bond motifs is 1. The van der Waals surface area contributed by atoms with Gasteiger partial charge in [-0.1, -0.05) is 60.7 Å². The summed E-state index contributed by atoms with van der Waals surface area (Å²) in [7, 11) is 4.80. The molecule has 0 radical (unpaired) electrons. The summed E-state index contributed by atoms with van der Waals surface area (Å²) in [5.41, 5.74) is 11.0. The summed E-state index contributed by atoms with van der Waals surface area (Å²) < 4.78 is 16.9. The van der Waals surface area contributed by atoms with Gasteiger partial charge in [0.15, 0.2) is 11.5 Å². The van der Waals surface area contributed by atoms with Crippen molar-refractivity contribution in [2.24, 2.45) is 0 Å². The second kappa shape index (κ2) is 7.72. The van der Waals surface area contributed by atoms with E-state index in [0.717, 1.165) is 27.6 Å². The zero-order valence-corrected chi connectivity index (χ0v) is 16.6. The Kier molecular flexibility index (Phi) is 4.96. The van der Waals surface area contributed by atoms with E-state index in [1.54, 1.807) is 21.3 Å². The van der Waals surface area contributed by atoms with Crippen LogP contribution < -0.4 is 19.9 Å². The third-order valence-electron chi connectivity index (χ3n) is 4.93. The molecule has 146 valence electrons. The number of rotatable bonds is 5. The number of hydrogen-bond acceptors (Lipinski definition) is 5. The first-order valence-corrected chi connectivity index (χ1v) is 9.22. The van der Waals surface area contributed by atoms with Gasteiger partial charge in [-0.3, -0.25) is 0 Å². The van der Waals surface area contributed by atoms with Gasteiger partial charge < -0.3 is 19.9 Å². The number of pyridine rings is 1. The number of nitrogens with zero attached hydrogens (tertiary/aromatic N) is 1. The van der Waals surface area contributed by atoms with Crippen LogP contribution in [0.2, 0.25) is 0 Å². The molecule has 0 aliphatic carbocycles. The summed E-state index contributed by atoms with van der Waals surface area (Å²) >= 11 is 0. The molecule has 1 heterocycles. The van der Waals surface area contributed by atoms with E-state index in [1.807, 2.05) is 54.6 Å². The highest BCUT2D eigenvalue weighted by molar-refractivity contribution is 6.10. The van der Waals surface area contributed by atoms with Gasteiger partial charge in [-0.15, -0.1) is 0 Å². The Hall–Kier alpha value is -3.73. The fourth-order valence-electron chi connectivity index (χ4n) is 3.70. The molecule has 0 saturated heterocycles. The van der Waals surface area contributed by atoms with Crippen LogP contribution in [0.1, 0.15) is 0 Å². The number of methoxy groups -OCH3 is 3. The first-order chi connectivity index (χ1) is 14.2. The Morgan fingerprint density at radius 2 is 1.24 bits per heavy atom. The van der Waals surface area contributed by atoms with Crippen molar-refractivity contribution in [3.8, 4) is 39.5 Å². The number of ether oxygens (including phenoxy) is 3. The molecule has 3 aromatic carbocycles. The predicted octanol–water partition coefficient (Wildman–Crippen LogP) is 5.18. The van der Waals surface area contributed by atoms with Gasteiger partial charge in [0.1, 0.15) is 5.82 Å². The maximum absolute atomic E-state index is 6.49. The van der Waals surface area contributed by atoms with E-state index in [4.69, 9.17) is 24.9 Å². The van der Waals surface area contributed by atoms with Crippen molar-refractivity contribution in [3.63, 3.8) is 0 Å². The van der Waals surface area contributed by atoms with Crippen LogP contribution in [-0.2, 0) is 0 Å². The van der Waals surface area contributed by atoms with E-state index in [2.05, 4.69) is 12.1 Å². The highest BCUT2D eigenvalue weighted by Crippen LogP contribution is 2.50. The Labute approximate surface area is 169 Å². The Balaban J connectivity index is 2.24. The summed E-state index contributed by atoms with van der Waals surface area (Å²) in [4.78, 5) is 4.69. The summed E-state index contributed by atoms with van der Waals surface area (Å²) in [6.45, 7) is 0. The molecular weight excluding hydrogens is 364 g/mol. The molecule has 4 rings (SSSR count). The molecule has 0 bridgehead atoms. The number of nitrogens with two attached hydrogens (primary N) is 1. The van der Waals surface area contributed by atoms with Crippen LogP contribution in [0.5, 0.6) is 17.2 Å². The largest absolute Gasteiger partial charge is 0.493 e. The van der Waals surface area contributed by atoms with Crippen molar-refractivity contribution >= 4 is 16.7 Å². The van der Waals surface area contributed by atoms with Gasteiger partial charge >= 0.3 is 0 Å². The van der Waals surface area contributed by atoms with E-state index in [-0.39, 0.29) is 0 Å². The van der Waals surface area contributed by atoms with E-state index in [0.29, 0.717) is 28.6 Å². The maximum Gasteiger partial charge on any atom is 0.204 e. The third kappa shape index (κ3) is 3.10. The molecule has 4 aromatic rings. The summed E-state index contributed by atoms with van der Waals surface area (Å²) in [5, 5.41) is 0.824. The van der Waals surface area contributed by atoms with Crippen molar-refractivity contribution in [1.29, 1.82) is 0 Å². The summed E-state index contributed by atoms with van der Waals surface area (Å²) in [6, 6.07) is 21.9. The second-order valence-corrected chi connectivity index (χ2v) is 6.52. The molecule has 5 heteroatoms. The van der Waals surface area contributed by atoms with Crippen molar-refractivity contribution < 1.29 is 14.2 Å². The van der Waals surface area contributed by atoms with Crippen LogP contribution >= 0.6 is 0 Å². The molecule has 0 saturated carbocycles. The Morgan fingerprint density at radius 3 is 1.76 bits per heavy atom. The summed E-state index contributed by atoms with van der Waals surface area (Å²) in [6.07, 6.45) is 0. The molecule has 5 nitrogen and oxygen atoms in total. The van der Waals surface area contributed by atoms with Gasteiger partial charge in [0, 0.05) is 17.2 Å². The molecule has 2 N–H and O–H groups in total. The normalized spacial score (nSPS) is 10.7. The highest BCUT2D eigenvalue weighted by atomic mass is 16.5. The molecule has 0 aliphatic heterocycles. The van der Waals surface area contributed by atoms with Gasteiger partial charge in [0.25, 0.3) is 0 Å². The van der Waals surface area contributed by atoms with Gasteiger partial charge in [0.05, 0.1) is 32.2 Å². The molecule has 0 fully saturated rings. The van der Waals surface area contributed by atoms with E-state index in [1.165, 1.54) is 0 Å². The smallest absolute Gasteiger partial charge is 0.204 e. The van der Waals surface area contributed by atoms with E-state index in [9.17, 15) is 0 Å². The van der Waals surface area contributed by atoms with E-state index < -0.39 is 0 Å². The lowest BCUT2D eigenvalue weighted by Crippen LogP contribution is -2.02. The molecule has 0 spiro atoms. The monoisotopic (exact) mass is 386 g/mol. The van der Waals surface area contributed by atoms with Crippen LogP contribution in [0.15, 0.2) is 66.7 Å². The van der Waals surface area contributed by atoms with Crippen LogP contribution in [0, 0.1) is 0 Å². The van der Waals surface area contributed by atoms with Crippen molar-refractivity contribution in [3.05, 3.63) is 66.7 Å². The average Bonchev–Trinajstić information content (AvgIpc) is 2.77. The topological polar surface area (TPSA) is 66.6 Å². The zero-order valence-electron chi connectivity index (χ0n) is 16.6. The lowest BCUT2D eigenvalue weighted by atomic mass is 9.91. The number of benzene rings is 3. The predicted molar refractivity (Wildman–Crippen MR) is 117 cm³/mol. The molecular formula is C24H22N2O3. The minimum atomic E-state index is 0.442. The fraction of sp³-hybridized carbons (Fsp3) is 0.125. The number of hydrogen-bond donors (Lipinski definition) is 1. The summed E-state index contributed by atoms with van der Waals surface area (Å²) in [5.74, 6) is 2.06. The van der Waals surface area contributed by atoms with Crippen molar-refractivity contribution in [2.75, 3.05) is 27.1 Å². The van der Waals surface area contributed by atoms with Gasteiger partial charge in [0.2, 0.25) is 5.75 Å². The van der Waals surface area contributed by atoms with Gasteiger partial charge in [-0.05, 0) is 11.1 Å². The first-order valence-electron chi connectivity index (χ1n) is 9.22. The second-order valence-electron chi connectivity index (χ2n) is 6.52. The van der Waals surface area contributed by atoms with Gasteiger partial charge in [-0.25, -0.2) is 4.98 Å². The highest BCUT2D eigenvalue weighted by Gasteiger charge is 2.24. The minimum Gasteiger partial charge on any atom is -0.493 e. The lowest BCUT2D eigenvalue weighted by molar-refractivity contribution is 0.327. The SMILES string of the molecule is COc1cc2nc(N)c(-c3ccccc3)c(-c3ccccc3)c2c(OC)c1OC. The Morgan fingerprint density at radius 1 is 0.690 bits per heavy atom. The fourth-order valence-corrected chi connectivity index (χ4v) is 3.70. The van der Waals surface area contributed by atoms with Crippen LogP contribution in [0.25, 0.3) is 33.2 Å². The van der Waals surface area contributed by atoms with Gasteiger partial charge in [-0.2, -0.15) is 0 Å². The molecule has 0 aliphatic rings. The quantitative estimate of drug-likeness (QED) is 0.512. The third-order valence-corrected chi connectivity index (χ3v) is 4.93. The van der Waals surface area contributed by atoms with Crippen LogP contribution in [0.3, 0.4) is 0 Å². The maximum atomic E-state index is 6.49. The first kappa shape index (κ1) is 18.6. The Bertz CT molecular complexity index is 1160. The number of nitrogen functional groups attached to an aromatic ring is 1. The average molecular weight is 386 g/mol. The molecule has 0 unspecified atom stereocenters. The van der Waals surface area contributed by atoms with Crippen LogP contribution in [0.4, 0.5) is 5.82 Å². The standard InChI is InChI=1S/C24H22N2O3/c1-27-18-14-17-21(23(29-3)22(18)28-2)19(15-10-6-4-7-11-15)20(24(25)26-17)16-12-8-5-9-13-16/h4-14H,1-3H3,(H2,25,26). The zero-order chi connectivity index (χ0) is 20.4. The minimum absolute atomic E-state index is 0.442. The molecule has 29 heavy (non-hydrogen) atoms. The lowest BCUT2D eigenvalue weighted by Gasteiger charge is -2.20. The van der Waals surface area contributed by atoms with Crippen molar-refractivity contribution in [2.45, 2.75) is 0 Å². The molecule has 1 aromatic heterocycles.